The van der Waals surface area contributed by atoms with Gasteiger partial charge in [-0.1, -0.05) is 50.1 Å². The monoisotopic (exact) mass is 567 g/mol. The number of aromatic nitrogens is 1. The Morgan fingerprint density at radius 1 is 1.00 bits per heavy atom. The van der Waals surface area contributed by atoms with Gasteiger partial charge in [-0.05, 0) is 79.3 Å². The molecular formula is C25H19Br2N3OS. The van der Waals surface area contributed by atoms with Gasteiger partial charge in [-0.2, -0.15) is 0 Å². The van der Waals surface area contributed by atoms with E-state index in [-0.39, 0.29) is 12.1 Å². The van der Waals surface area contributed by atoms with Crippen LogP contribution in [0.3, 0.4) is 0 Å². The average Bonchev–Trinajstić information content (AvgIpc) is 3.41. The van der Waals surface area contributed by atoms with Crippen LogP contribution in [0.15, 0.2) is 92.4 Å². The highest BCUT2D eigenvalue weighted by molar-refractivity contribution is 9.10. The fraction of sp³-hybridized carbons (Fsp3) is 0.120. The van der Waals surface area contributed by atoms with Crippen LogP contribution in [0.5, 0.6) is 0 Å². The number of hydrogen-bond acceptors (Lipinski definition) is 3. The summed E-state index contributed by atoms with van der Waals surface area (Å²) in [6.45, 7) is 2.07. The van der Waals surface area contributed by atoms with E-state index in [0.717, 1.165) is 43.0 Å². The van der Waals surface area contributed by atoms with Crippen molar-refractivity contribution >= 4 is 54.9 Å². The maximum absolute atomic E-state index is 6.41. The van der Waals surface area contributed by atoms with Gasteiger partial charge in [0.1, 0.15) is 17.6 Å². The van der Waals surface area contributed by atoms with E-state index in [2.05, 4.69) is 66.1 Å². The number of pyridine rings is 1. The number of nitrogens with zero attached hydrogens (tertiary/aromatic N) is 2. The molecule has 0 bridgehead atoms. The minimum Gasteiger partial charge on any atom is -0.459 e. The third-order valence-electron chi connectivity index (χ3n) is 5.56. The number of hydrogen-bond donors (Lipinski definition) is 1. The minimum absolute atomic E-state index is 0.142. The summed E-state index contributed by atoms with van der Waals surface area (Å²) in [6, 6.07) is 24.0. The van der Waals surface area contributed by atoms with Crippen molar-refractivity contribution in [3.8, 4) is 11.3 Å². The van der Waals surface area contributed by atoms with Crippen molar-refractivity contribution in [2.24, 2.45) is 0 Å². The van der Waals surface area contributed by atoms with Crippen LogP contribution in [0.1, 0.15) is 29.1 Å². The molecule has 1 aliphatic heterocycles. The Morgan fingerprint density at radius 2 is 1.81 bits per heavy atom. The van der Waals surface area contributed by atoms with Crippen molar-refractivity contribution in [2.45, 2.75) is 19.0 Å². The molecule has 2 aromatic carbocycles. The molecule has 0 unspecified atom stereocenters. The van der Waals surface area contributed by atoms with Gasteiger partial charge < -0.3 is 14.6 Å². The standard InChI is InChI=1S/C25H19Br2N3OS/c1-15-14-18(9-10-19(15)27)30-24(23(29-25(30)32)20-4-2-3-13-28-20)22-12-11-21(31-22)16-5-7-17(26)8-6-16/h2-14,23-24H,1H3,(H,29,32)/t23-,24-/m1/s1. The van der Waals surface area contributed by atoms with Crippen molar-refractivity contribution in [1.29, 1.82) is 0 Å². The minimum atomic E-state index is -0.179. The van der Waals surface area contributed by atoms with Gasteiger partial charge in [-0.25, -0.2) is 0 Å². The van der Waals surface area contributed by atoms with E-state index in [0.29, 0.717) is 5.11 Å². The van der Waals surface area contributed by atoms with E-state index in [1.165, 1.54) is 0 Å². The number of rotatable bonds is 4. The van der Waals surface area contributed by atoms with Gasteiger partial charge in [-0.3, -0.25) is 4.98 Å². The molecule has 4 aromatic rings. The van der Waals surface area contributed by atoms with Crippen molar-refractivity contribution in [2.75, 3.05) is 4.90 Å². The molecule has 1 N–H and O–H groups in total. The predicted molar refractivity (Wildman–Crippen MR) is 139 cm³/mol. The zero-order chi connectivity index (χ0) is 22.2. The van der Waals surface area contributed by atoms with E-state index in [1.807, 2.05) is 60.7 Å². The lowest BCUT2D eigenvalue weighted by Gasteiger charge is -2.26. The first-order valence-corrected chi connectivity index (χ1v) is 12.1. The second-order valence-corrected chi connectivity index (χ2v) is 9.80. The summed E-state index contributed by atoms with van der Waals surface area (Å²) in [4.78, 5) is 6.73. The molecule has 0 amide bonds. The first-order valence-electron chi connectivity index (χ1n) is 10.1. The summed E-state index contributed by atoms with van der Waals surface area (Å²) >= 11 is 12.9. The number of nitrogens with one attached hydrogen (secondary N) is 1. The van der Waals surface area contributed by atoms with E-state index < -0.39 is 0 Å². The Labute approximate surface area is 208 Å². The Kier molecular flexibility index (Phi) is 5.88. The Balaban J connectivity index is 1.60. The number of aryl methyl sites for hydroxylation is 1. The fourth-order valence-electron chi connectivity index (χ4n) is 3.98. The highest BCUT2D eigenvalue weighted by atomic mass is 79.9. The van der Waals surface area contributed by atoms with Gasteiger partial charge in [-0.15, -0.1) is 0 Å². The predicted octanol–water partition coefficient (Wildman–Crippen LogP) is 7.35. The highest BCUT2D eigenvalue weighted by Gasteiger charge is 2.42. The highest BCUT2D eigenvalue weighted by Crippen LogP contribution is 2.43. The number of halogens is 2. The first kappa shape index (κ1) is 21.4. The lowest BCUT2D eigenvalue weighted by molar-refractivity contribution is 0.439. The number of furan rings is 1. The molecule has 0 spiro atoms. The molecule has 160 valence electrons. The lowest BCUT2D eigenvalue weighted by atomic mass is 10.0. The summed E-state index contributed by atoms with van der Waals surface area (Å²) in [7, 11) is 0. The second-order valence-electron chi connectivity index (χ2n) is 7.64. The molecule has 1 saturated heterocycles. The SMILES string of the molecule is Cc1cc(N2C(=S)N[C@H](c3ccccn3)[C@H]2c2ccc(-c3ccc(Br)cc3)o2)ccc1Br. The molecule has 2 atom stereocenters. The third kappa shape index (κ3) is 4.00. The van der Waals surface area contributed by atoms with Crippen LogP contribution in [0.25, 0.3) is 11.3 Å². The molecule has 0 radical (unpaired) electrons. The average molecular weight is 569 g/mol. The van der Waals surface area contributed by atoms with E-state index in [4.69, 9.17) is 16.6 Å². The maximum Gasteiger partial charge on any atom is 0.174 e. The normalized spacial score (nSPS) is 18.1. The van der Waals surface area contributed by atoms with Gasteiger partial charge in [0, 0.05) is 26.4 Å². The largest absolute Gasteiger partial charge is 0.459 e. The van der Waals surface area contributed by atoms with Gasteiger partial charge in [0.15, 0.2) is 5.11 Å². The van der Waals surface area contributed by atoms with Crippen LogP contribution in [-0.4, -0.2) is 10.1 Å². The fourth-order valence-corrected chi connectivity index (χ4v) is 4.84. The Morgan fingerprint density at radius 3 is 2.53 bits per heavy atom. The van der Waals surface area contributed by atoms with Crippen molar-refractivity contribution in [3.05, 3.63) is 105 Å². The molecule has 3 heterocycles. The summed E-state index contributed by atoms with van der Waals surface area (Å²) in [5.41, 5.74) is 4.08. The molecule has 32 heavy (non-hydrogen) atoms. The van der Waals surface area contributed by atoms with Crippen LogP contribution in [-0.2, 0) is 0 Å². The molecule has 5 rings (SSSR count). The lowest BCUT2D eigenvalue weighted by Crippen LogP contribution is -2.29. The summed E-state index contributed by atoms with van der Waals surface area (Å²) < 4.78 is 8.50. The van der Waals surface area contributed by atoms with Crippen LogP contribution < -0.4 is 10.2 Å². The molecule has 0 aliphatic carbocycles. The number of benzene rings is 2. The summed E-state index contributed by atoms with van der Waals surface area (Å²) in [5, 5.41) is 4.12. The van der Waals surface area contributed by atoms with E-state index in [1.54, 1.807) is 6.20 Å². The van der Waals surface area contributed by atoms with Crippen molar-refractivity contribution in [1.82, 2.24) is 10.3 Å². The zero-order valence-corrected chi connectivity index (χ0v) is 21.1. The molecule has 1 aliphatic rings. The van der Waals surface area contributed by atoms with Gasteiger partial charge >= 0.3 is 0 Å². The van der Waals surface area contributed by atoms with Crippen LogP contribution in [0, 0.1) is 6.92 Å². The molecule has 0 saturated carbocycles. The van der Waals surface area contributed by atoms with Crippen LogP contribution >= 0.6 is 44.1 Å². The Bertz CT molecular complexity index is 1270. The number of anilines is 1. The molecule has 7 heteroatoms. The number of thiocarbonyl (C=S) groups is 1. The van der Waals surface area contributed by atoms with E-state index in [9.17, 15) is 0 Å². The summed E-state index contributed by atoms with van der Waals surface area (Å²) in [5.74, 6) is 1.64. The first-order chi connectivity index (χ1) is 15.5. The molecule has 4 nitrogen and oxygen atoms in total. The quantitative estimate of drug-likeness (QED) is 0.261. The summed E-state index contributed by atoms with van der Waals surface area (Å²) in [6.07, 6.45) is 1.80. The van der Waals surface area contributed by atoms with Gasteiger partial charge in [0.2, 0.25) is 0 Å². The van der Waals surface area contributed by atoms with Crippen LogP contribution in [0.2, 0.25) is 0 Å². The maximum atomic E-state index is 6.41. The van der Waals surface area contributed by atoms with E-state index >= 15 is 0 Å². The smallest absolute Gasteiger partial charge is 0.174 e. The van der Waals surface area contributed by atoms with Gasteiger partial charge in [0.25, 0.3) is 0 Å². The second kappa shape index (κ2) is 8.81. The molecule has 1 fully saturated rings. The topological polar surface area (TPSA) is 41.3 Å². The van der Waals surface area contributed by atoms with Crippen molar-refractivity contribution in [3.63, 3.8) is 0 Å². The van der Waals surface area contributed by atoms with Crippen LogP contribution in [0.4, 0.5) is 5.69 Å². The third-order valence-corrected chi connectivity index (χ3v) is 7.30. The van der Waals surface area contributed by atoms with Gasteiger partial charge in [0.05, 0.1) is 11.7 Å². The Hall–Kier alpha value is -2.48. The van der Waals surface area contributed by atoms with Crippen molar-refractivity contribution < 1.29 is 4.42 Å². The molecular weight excluding hydrogens is 550 g/mol. The molecule has 2 aromatic heterocycles. The zero-order valence-electron chi connectivity index (χ0n) is 17.1.